The van der Waals surface area contributed by atoms with Crippen molar-refractivity contribution in [1.82, 2.24) is 19.9 Å². The van der Waals surface area contributed by atoms with Crippen LogP contribution < -0.4 is 15.5 Å². The summed E-state index contributed by atoms with van der Waals surface area (Å²) in [7, 11) is 0. The molecule has 178 valence electrons. The molecule has 5 aromatic rings. The molecule has 0 saturated carbocycles. The number of thiazole rings is 1. The fourth-order valence-corrected chi connectivity index (χ4v) is 5.93. The highest BCUT2D eigenvalue weighted by molar-refractivity contribution is 7.80. The normalized spacial score (nSPS) is 17.4. The number of para-hydroxylation sites is 1. The molecule has 2 atom stereocenters. The third-order valence-corrected chi connectivity index (χ3v) is 7.49. The molecular weight excluding hydrogens is 488 g/mol. The number of thiocarbonyl (C=S) groups is 1. The lowest BCUT2D eigenvalue weighted by molar-refractivity contribution is -0.114. The topological polar surface area (TPSA) is 75.1 Å². The number of hydrogen-bond acceptors (Lipinski definition) is 5. The smallest absolute Gasteiger partial charge is 0.221 e. The maximum Gasteiger partial charge on any atom is 0.221 e. The predicted molar refractivity (Wildman–Crippen MR) is 148 cm³/mol. The number of pyridine rings is 1. The van der Waals surface area contributed by atoms with Gasteiger partial charge >= 0.3 is 0 Å². The first-order valence-electron chi connectivity index (χ1n) is 11.5. The highest BCUT2D eigenvalue weighted by Crippen LogP contribution is 2.43. The lowest BCUT2D eigenvalue weighted by Crippen LogP contribution is -2.30. The SMILES string of the molecule is CC(=O)Nc1ccc(N2C(=S)N[C@@H](c3ccccn3)[C@@H]2c2cccn2-c2nc3ccccc3s2)cc1. The molecule has 0 aliphatic carbocycles. The van der Waals surface area contributed by atoms with Gasteiger partial charge in [0.05, 0.1) is 27.6 Å². The lowest BCUT2D eigenvalue weighted by Gasteiger charge is -2.28. The number of fused-ring (bicyclic) bond motifs is 1. The second-order valence-electron chi connectivity index (χ2n) is 8.49. The Labute approximate surface area is 217 Å². The van der Waals surface area contributed by atoms with Gasteiger partial charge in [-0.3, -0.25) is 14.3 Å². The molecule has 9 heteroatoms. The molecule has 6 rings (SSSR count). The van der Waals surface area contributed by atoms with Gasteiger partial charge in [-0.2, -0.15) is 0 Å². The zero-order valence-electron chi connectivity index (χ0n) is 19.3. The Balaban J connectivity index is 1.47. The van der Waals surface area contributed by atoms with Gasteiger partial charge in [-0.05, 0) is 72.9 Å². The van der Waals surface area contributed by atoms with Crippen molar-refractivity contribution in [2.45, 2.75) is 19.0 Å². The van der Waals surface area contributed by atoms with E-state index in [0.717, 1.165) is 38.1 Å². The van der Waals surface area contributed by atoms with E-state index in [1.807, 2.05) is 72.9 Å². The van der Waals surface area contributed by atoms with Gasteiger partial charge in [0.15, 0.2) is 10.2 Å². The second-order valence-corrected chi connectivity index (χ2v) is 9.89. The Morgan fingerprint density at radius 3 is 2.58 bits per heavy atom. The highest BCUT2D eigenvalue weighted by atomic mass is 32.1. The van der Waals surface area contributed by atoms with Crippen LogP contribution in [0.5, 0.6) is 0 Å². The maximum atomic E-state index is 11.5. The van der Waals surface area contributed by atoms with Crippen molar-refractivity contribution >= 4 is 56.2 Å². The first-order valence-corrected chi connectivity index (χ1v) is 12.7. The van der Waals surface area contributed by atoms with Crippen LogP contribution in [0.1, 0.15) is 30.4 Å². The summed E-state index contributed by atoms with van der Waals surface area (Å²) in [6.07, 6.45) is 3.84. The minimum absolute atomic E-state index is 0.108. The largest absolute Gasteiger partial charge is 0.351 e. The Morgan fingerprint density at radius 2 is 1.83 bits per heavy atom. The van der Waals surface area contributed by atoms with E-state index in [1.165, 1.54) is 6.92 Å². The Bertz CT molecular complexity index is 1530. The number of carbonyl (C=O) groups excluding carboxylic acids is 1. The van der Waals surface area contributed by atoms with Crippen molar-refractivity contribution < 1.29 is 4.79 Å². The van der Waals surface area contributed by atoms with Crippen LogP contribution in [0.2, 0.25) is 0 Å². The average Bonchev–Trinajstić information content (AvgIpc) is 3.61. The summed E-state index contributed by atoms with van der Waals surface area (Å²) in [5.41, 5.74) is 4.58. The van der Waals surface area contributed by atoms with Crippen LogP contribution in [0.3, 0.4) is 0 Å². The molecule has 1 fully saturated rings. The van der Waals surface area contributed by atoms with Gasteiger partial charge in [0.25, 0.3) is 0 Å². The van der Waals surface area contributed by atoms with Gasteiger partial charge in [0, 0.05) is 30.7 Å². The third-order valence-electron chi connectivity index (χ3n) is 6.14. The van der Waals surface area contributed by atoms with E-state index in [-0.39, 0.29) is 18.0 Å². The van der Waals surface area contributed by atoms with E-state index in [1.54, 1.807) is 17.5 Å². The number of amides is 1. The monoisotopic (exact) mass is 510 g/mol. The van der Waals surface area contributed by atoms with Gasteiger partial charge in [-0.1, -0.05) is 29.5 Å². The minimum atomic E-state index is -0.180. The van der Waals surface area contributed by atoms with Gasteiger partial charge in [0.2, 0.25) is 5.91 Å². The van der Waals surface area contributed by atoms with Crippen LogP contribution in [0.25, 0.3) is 15.3 Å². The fraction of sp³-hybridized carbons (Fsp3) is 0.111. The zero-order chi connectivity index (χ0) is 24.6. The molecule has 4 heterocycles. The first-order chi connectivity index (χ1) is 17.6. The number of hydrogen-bond donors (Lipinski definition) is 2. The number of nitrogens with one attached hydrogen (secondary N) is 2. The summed E-state index contributed by atoms with van der Waals surface area (Å²) in [5.74, 6) is -0.108. The number of rotatable bonds is 5. The lowest BCUT2D eigenvalue weighted by atomic mass is 10.0. The Morgan fingerprint density at radius 1 is 1.03 bits per heavy atom. The Kier molecular flexibility index (Phi) is 5.71. The molecule has 36 heavy (non-hydrogen) atoms. The van der Waals surface area contributed by atoms with Crippen LogP contribution in [0.15, 0.2) is 91.3 Å². The molecular formula is C27H22N6OS2. The van der Waals surface area contributed by atoms with Crippen molar-refractivity contribution in [2.75, 3.05) is 10.2 Å². The summed E-state index contributed by atoms with van der Waals surface area (Å²) in [6.45, 7) is 1.50. The average molecular weight is 511 g/mol. The van der Waals surface area contributed by atoms with Crippen molar-refractivity contribution in [1.29, 1.82) is 0 Å². The van der Waals surface area contributed by atoms with Crippen molar-refractivity contribution in [3.63, 3.8) is 0 Å². The molecule has 2 N–H and O–H groups in total. The molecule has 0 radical (unpaired) electrons. The molecule has 3 aromatic heterocycles. The van der Waals surface area contributed by atoms with Crippen molar-refractivity contribution in [3.05, 3.63) is 103 Å². The van der Waals surface area contributed by atoms with E-state index in [2.05, 4.69) is 37.2 Å². The molecule has 0 unspecified atom stereocenters. The number of nitrogens with zero attached hydrogens (tertiary/aromatic N) is 4. The standard InChI is InChI=1S/C27H22N6OS2/c1-17(34)29-18-11-13-19(14-12-18)33-25(24(31-26(33)35)21-8-4-5-15-28-21)22-9-6-16-32(22)27-30-20-7-2-3-10-23(20)36-27/h2-16,24-25H,1H3,(H,29,34)(H,31,35)/t24-,25-/m0/s1. The number of carbonyl (C=O) groups is 1. The minimum Gasteiger partial charge on any atom is -0.351 e. The predicted octanol–water partition coefficient (Wildman–Crippen LogP) is 5.62. The van der Waals surface area contributed by atoms with Crippen LogP contribution in [-0.2, 0) is 4.79 Å². The van der Waals surface area contributed by atoms with Gasteiger partial charge < -0.3 is 15.5 Å². The molecule has 7 nitrogen and oxygen atoms in total. The third kappa shape index (κ3) is 4.02. The number of benzene rings is 2. The van der Waals surface area contributed by atoms with E-state index in [4.69, 9.17) is 17.2 Å². The molecule has 1 aliphatic rings. The summed E-state index contributed by atoms with van der Waals surface area (Å²) in [4.78, 5) is 23.1. The van der Waals surface area contributed by atoms with Crippen LogP contribution in [0, 0.1) is 0 Å². The van der Waals surface area contributed by atoms with Crippen LogP contribution >= 0.6 is 23.6 Å². The zero-order valence-corrected chi connectivity index (χ0v) is 21.0. The maximum absolute atomic E-state index is 11.5. The quantitative estimate of drug-likeness (QED) is 0.299. The van der Waals surface area contributed by atoms with Gasteiger partial charge in [-0.15, -0.1) is 0 Å². The molecule has 0 spiro atoms. The highest BCUT2D eigenvalue weighted by Gasteiger charge is 2.42. The van der Waals surface area contributed by atoms with Crippen molar-refractivity contribution in [2.24, 2.45) is 0 Å². The molecule has 2 aromatic carbocycles. The molecule has 1 amide bonds. The van der Waals surface area contributed by atoms with Crippen LogP contribution in [0.4, 0.5) is 11.4 Å². The fourth-order valence-electron chi connectivity index (χ4n) is 4.61. The summed E-state index contributed by atoms with van der Waals surface area (Å²) >= 11 is 7.52. The van der Waals surface area contributed by atoms with Crippen LogP contribution in [-0.4, -0.2) is 25.6 Å². The summed E-state index contributed by atoms with van der Waals surface area (Å²) in [5, 5.41) is 7.84. The molecule has 1 aliphatic heterocycles. The van der Waals surface area contributed by atoms with E-state index in [9.17, 15) is 4.79 Å². The van der Waals surface area contributed by atoms with Gasteiger partial charge in [-0.25, -0.2) is 4.98 Å². The number of aromatic nitrogens is 3. The second kappa shape index (κ2) is 9.18. The van der Waals surface area contributed by atoms with Gasteiger partial charge in [0.1, 0.15) is 6.04 Å². The van der Waals surface area contributed by atoms with E-state index < -0.39 is 0 Å². The van der Waals surface area contributed by atoms with E-state index >= 15 is 0 Å². The summed E-state index contributed by atoms with van der Waals surface area (Å²) < 4.78 is 3.28. The van der Waals surface area contributed by atoms with Crippen molar-refractivity contribution in [3.8, 4) is 5.13 Å². The van der Waals surface area contributed by atoms with E-state index in [0.29, 0.717) is 5.11 Å². The molecule has 0 bridgehead atoms. The molecule has 1 saturated heterocycles. The Hall–Kier alpha value is -4.08. The number of anilines is 2. The first kappa shape index (κ1) is 22.4. The summed E-state index contributed by atoms with van der Waals surface area (Å²) in [6, 6.07) is 25.6.